The summed E-state index contributed by atoms with van der Waals surface area (Å²) in [5.41, 5.74) is 0.993. The van der Waals surface area contributed by atoms with Crippen LogP contribution in [0.25, 0.3) is 0 Å². The van der Waals surface area contributed by atoms with Gasteiger partial charge >= 0.3 is 0 Å². The lowest BCUT2D eigenvalue weighted by molar-refractivity contribution is 0.0957. The van der Waals surface area contributed by atoms with E-state index in [1.807, 2.05) is 36.4 Å². The highest BCUT2D eigenvalue weighted by atomic mass is 32.1. The van der Waals surface area contributed by atoms with E-state index >= 15 is 0 Å². The number of ether oxygens (including phenoxy) is 1. The third kappa shape index (κ3) is 6.60. The number of rotatable bonds is 9. The minimum absolute atomic E-state index is 0.0101. The van der Waals surface area contributed by atoms with Gasteiger partial charge in [0, 0.05) is 39.7 Å². The summed E-state index contributed by atoms with van der Waals surface area (Å²) in [5, 5.41) is 11.2. The first-order chi connectivity index (χ1) is 13.0. The first-order valence-corrected chi connectivity index (χ1v) is 10.5. The number of aromatic nitrogens is 1. The SMILES string of the molecule is CN=C(NCCCNC(=O)c1cccs1)N(C)Cc1csc(C(C)OC)n1. The molecule has 2 aromatic rings. The number of amides is 1. The van der Waals surface area contributed by atoms with E-state index in [1.165, 1.54) is 11.3 Å². The van der Waals surface area contributed by atoms with E-state index in [4.69, 9.17) is 4.74 Å². The van der Waals surface area contributed by atoms with E-state index in [9.17, 15) is 4.79 Å². The Hall–Kier alpha value is -1.97. The molecule has 0 radical (unpaired) electrons. The summed E-state index contributed by atoms with van der Waals surface area (Å²) in [5.74, 6) is 0.782. The molecule has 0 spiro atoms. The minimum Gasteiger partial charge on any atom is -0.375 e. The van der Waals surface area contributed by atoms with Gasteiger partial charge in [-0.15, -0.1) is 22.7 Å². The third-order valence-corrected chi connectivity index (χ3v) is 5.83. The number of carbonyl (C=O) groups excluding carboxylic acids is 1. The fourth-order valence-corrected chi connectivity index (χ4v) is 3.85. The van der Waals surface area contributed by atoms with Crippen LogP contribution in [0.3, 0.4) is 0 Å². The zero-order valence-corrected chi connectivity index (χ0v) is 17.8. The van der Waals surface area contributed by atoms with E-state index < -0.39 is 0 Å². The Morgan fingerprint density at radius 3 is 2.81 bits per heavy atom. The molecular weight excluding hydrogens is 382 g/mol. The molecule has 7 nitrogen and oxygen atoms in total. The predicted molar refractivity (Wildman–Crippen MR) is 112 cm³/mol. The molecule has 0 aliphatic carbocycles. The second-order valence-corrected chi connectivity index (χ2v) is 7.81. The van der Waals surface area contributed by atoms with Gasteiger partial charge < -0.3 is 20.3 Å². The number of hydrogen-bond donors (Lipinski definition) is 2. The number of hydrogen-bond acceptors (Lipinski definition) is 6. The summed E-state index contributed by atoms with van der Waals surface area (Å²) in [7, 11) is 5.43. The first-order valence-electron chi connectivity index (χ1n) is 8.75. The quantitative estimate of drug-likeness (QED) is 0.378. The van der Waals surface area contributed by atoms with Crippen LogP contribution in [0.4, 0.5) is 0 Å². The highest BCUT2D eigenvalue weighted by molar-refractivity contribution is 7.12. The van der Waals surface area contributed by atoms with Gasteiger partial charge in [0.1, 0.15) is 11.1 Å². The molecule has 1 unspecified atom stereocenters. The van der Waals surface area contributed by atoms with Gasteiger partial charge in [-0.3, -0.25) is 9.79 Å². The maximum absolute atomic E-state index is 11.9. The molecule has 0 bridgehead atoms. The van der Waals surface area contributed by atoms with Crippen molar-refractivity contribution in [3.63, 3.8) is 0 Å². The molecule has 27 heavy (non-hydrogen) atoms. The molecule has 2 heterocycles. The lowest BCUT2D eigenvalue weighted by atomic mass is 10.4. The van der Waals surface area contributed by atoms with Crippen LogP contribution >= 0.6 is 22.7 Å². The smallest absolute Gasteiger partial charge is 0.261 e. The van der Waals surface area contributed by atoms with Crippen molar-refractivity contribution in [3.05, 3.63) is 38.5 Å². The highest BCUT2D eigenvalue weighted by Gasteiger charge is 2.12. The topological polar surface area (TPSA) is 78.9 Å². The van der Waals surface area contributed by atoms with Crippen molar-refractivity contribution < 1.29 is 9.53 Å². The van der Waals surface area contributed by atoms with E-state index in [1.54, 1.807) is 25.5 Å². The number of methoxy groups -OCH3 is 1. The summed E-state index contributed by atoms with van der Waals surface area (Å²) < 4.78 is 5.31. The predicted octanol–water partition coefficient (Wildman–Crippen LogP) is 2.74. The second kappa shape index (κ2) is 11.0. The zero-order chi connectivity index (χ0) is 19.6. The average molecular weight is 410 g/mol. The van der Waals surface area contributed by atoms with E-state index in [0.717, 1.165) is 34.5 Å². The Bertz CT molecular complexity index is 730. The highest BCUT2D eigenvalue weighted by Crippen LogP contribution is 2.20. The van der Waals surface area contributed by atoms with E-state index in [2.05, 4.69) is 26.0 Å². The van der Waals surface area contributed by atoms with Crippen LogP contribution in [0.5, 0.6) is 0 Å². The molecule has 148 valence electrons. The van der Waals surface area contributed by atoms with Gasteiger partial charge in [-0.2, -0.15) is 0 Å². The van der Waals surface area contributed by atoms with Crippen LogP contribution in [0.1, 0.15) is 39.8 Å². The summed E-state index contributed by atoms with van der Waals surface area (Å²) in [6.45, 7) is 4.01. The summed E-state index contributed by atoms with van der Waals surface area (Å²) in [6.07, 6.45) is 0.826. The van der Waals surface area contributed by atoms with Crippen LogP contribution in [-0.4, -0.2) is 56.0 Å². The van der Waals surface area contributed by atoms with Gasteiger partial charge in [-0.25, -0.2) is 4.98 Å². The molecular formula is C18H27N5O2S2. The van der Waals surface area contributed by atoms with Crippen molar-refractivity contribution in [2.75, 3.05) is 34.3 Å². The first kappa shape index (κ1) is 21.3. The fraction of sp³-hybridized carbons (Fsp3) is 0.500. The molecule has 2 N–H and O–H groups in total. The van der Waals surface area contributed by atoms with Crippen molar-refractivity contribution >= 4 is 34.5 Å². The summed E-state index contributed by atoms with van der Waals surface area (Å²) in [4.78, 5) is 23.6. The fourth-order valence-electron chi connectivity index (χ4n) is 2.37. The van der Waals surface area contributed by atoms with Crippen molar-refractivity contribution in [1.82, 2.24) is 20.5 Å². The average Bonchev–Trinajstić information content (AvgIpc) is 3.35. The van der Waals surface area contributed by atoms with Crippen molar-refractivity contribution in [3.8, 4) is 0 Å². The Balaban J connectivity index is 1.71. The molecule has 0 aliphatic heterocycles. The number of aliphatic imine (C=N–C) groups is 1. The van der Waals surface area contributed by atoms with Crippen LogP contribution in [0.15, 0.2) is 27.9 Å². The van der Waals surface area contributed by atoms with Gasteiger partial charge in [0.05, 0.1) is 17.1 Å². The number of thiazole rings is 1. The normalized spacial score (nSPS) is 12.7. The van der Waals surface area contributed by atoms with Crippen LogP contribution < -0.4 is 10.6 Å². The molecule has 0 aliphatic rings. The van der Waals surface area contributed by atoms with Crippen LogP contribution in [0.2, 0.25) is 0 Å². The zero-order valence-electron chi connectivity index (χ0n) is 16.2. The number of guanidine groups is 1. The molecule has 9 heteroatoms. The molecule has 1 atom stereocenters. The lowest BCUT2D eigenvalue weighted by Crippen LogP contribution is -2.39. The molecule has 0 fully saturated rings. The molecule has 0 saturated carbocycles. The largest absolute Gasteiger partial charge is 0.375 e. The standard InChI is InChI=1S/C18H27N5O2S2/c1-13(25-4)17-22-14(12-27-17)11-23(3)18(19-2)21-9-6-8-20-16(24)15-7-5-10-26-15/h5,7,10,12-13H,6,8-9,11H2,1-4H3,(H,19,21)(H,20,24). The van der Waals surface area contributed by atoms with Gasteiger partial charge in [-0.05, 0) is 24.8 Å². The molecule has 2 rings (SSSR count). The number of thiophene rings is 1. The summed E-state index contributed by atoms with van der Waals surface area (Å²) >= 11 is 3.05. The van der Waals surface area contributed by atoms with Crippen molar-refractivity contribution in [1.29, 1.82) is 0 Å². The Morgan fingerprint density at radius 2 is 2.15 bits per heavy atom. The second-order valence-electron chi connectivity index (χ2n) is 5.97. The Morgan fingerprint density at radius 1 is 1.37 bits per heavy atom. The Kier molecular flexibility index (Phi) is 8.70. The Labute approximate surface area is 168 Å². The van der Waals surface area contributed by atoms with Crippen molar-refractivity contribution in [2.24, 2.45) is 4.99 Å². The van der Waals surface area contributed by atoms with E-state index in [0.29, 0.717) is 13.1 Å². The van der Waals surface area contributed by atoms with E-state index in [-0.39, 0.29) is 12.0 Å². The monoisotopic (exact) mass is 409 g/mol. The number of nitrogens with one attached hydrogen (secondary N) is 2. The van der Waals surface area contributed by atoms with Gasteiger partial charge in [-0.1, -0.05) is 6.07 Å². The van der Waals surface area contributed by atoms with Gasteiger partial charge in [0.2, 0.25) is 0 Å². The number of carbonyl (C=O) groups is 1. The maximum Gasteiger partial charge on any atom is 0.261 e. The molecule has 1 amide bonds. The van der Waals surface area contributed by atoms with Gasteiger partial charge in [0.15, 0.2) is 5.96 Å². The minimum atomic E-state index is -0.0175. The maximum atomic E-state index is 11.9. The molecule has 0 aromatic carbocycles. The van der Waals surface area contributed by atoms with Crippen LogP contribution in [0, 0.1) is 0 Å². The lowest BCUT2D eigenvalue weighted by Gasteiger charge is -2.21. The number of nitrogens with zero attached hydrogens (tertiary/aromatic N) is 3. The molecule has 0 saturated heterocycles. The van der Waals surface area contributed by atoms with Crippen molar-refractivity contribution in [2.45, 2.75) is 26.0 Å². The third-order valence-electron chi connectivity index (χ3n) is 3.91. The van der Waals surface area contributed by atoms with Gasteiger partial charge in [0.25, 0.3) is 5.91 Å². The molecule has 2 aromatic heterocycles. The van der Waals surface area contributed by atoms with Crippen LogP contribution in [-0.2, 0) is 11.3 Å². The summed E-state index contributed by atoms with van der Waals surface area (Å²) in [6, 6.07) is 3.70.